The molecule has 0 spiro atoms. The van der Waals surface area contributed by atoms with Gasteiger partial charge in [-0.3, -0.25) is 14.4 Å². The summed E-state index contributed by atoms with van der Waals surface area (Å²) in [5, 5.41) is 10.3. The Morgan fingerprint density at radius 1 is 1.03 bits per heavy atom. The maximum atomic E-state index is 12.5. The van der Waals surface area contributed by atoms with Crippen molar-refractivity contribution in [3.63, 3.8) is 0 Å². The van der Waals surface area contributed by atoms with Crippen LogP contribution in [0.2, 0.25) is 0 Å². The number of aromatic nitrogens is 3. The molecule has 3 amide bonds. The fourth-order valence-corrected chi connectivity index (χ4v) is 3.97. The lowest BCUT2D eigenvalue weighted by molar-refractivity contribution is -0.145. The van der Waals surface area contributed by atoms with E-state index < -0.39 is 11.8 Å². The maximum absolute atomic E-state index is 12.5. The van der Waals surface area contributed by atoms with E-state index in [1.165, 1.54) is 0 Å². The third-order valence-corrected chi connectivity index (χ3v) is 5.56. The van der Waals surface area contributed by atoms with Gasteiger partial charge in [0.15, 0.2) is 0 Å². The lowest BCUT2D eigenvalue weighted by atomic mass is 9.99. The number of likely N-dealkylation sites (tertiary alicyclic amines) is 2. The molecule has 0 bridgehead atoms. The van der Waals surface area contributed by atoms with Gasteiger partial charge < -0.3 is 15.1 Å². The highest BCUT2D eigenvalue weighted by Gasteiger charge is 2.32. The molecule has 9 heteroatoms. The highest BCUT2D eigenvalue weighted by molar-refractivity contribution is 6.39. The van der Waals surface area contributed by atoms with Crippen LogP contribution in [0.1, 0.15) is 32.1 Å². The summed E-state index contributed by atoms with van der Waals surface area (Å²) in [6.07, 6.45) is 7.37. The van der Waals surface area contributed by atoms with Crippen LogP contribution >= 0.6 is 0 Å². The van der Waals surface area contributed by atoms with Crippen LogP contribution in [-0.2, 0) is 14.4 Å². The zero-order chi connectivity index (χ0) is 20.2. The van der Waals surface area contributed by atoms with Gasteiger partial charge in [-0.2, -0.15) is 0 Å². The smallest absolute Gasteiger partial charge is 0.313 e. The quantitative estimate of drug-likeness (QED) is 0.786. The number of hydrogen-bond acceptors (Lipinski definition) is 5. The largest absolute Gasteiger partial charge is 0.340 e. The number of carbonyl (C=O) groups is 3. The van der Waals surface area contributed by atoms with Crippen molar-refractivity contribution >= 4 is 23.4 Å². The van der Waals surface area contributed by atoms with E-state index in [0.717, 1.165) is 37.9 Å². The number of nitrogens with zero attached hydrogens (tertiary/aromatic N) is 5. The summed E-state index contributed by atoms with van der Waals surface area (Å²) < 4.78 is 1.61. The number of amides is 3. The summed E-state index contributed by atoms with van der Waals surface area (Å²) >= 11 is 0. The SMILES string of the molecule is O=C(Nc1ccc(-n2ccnn2)cc1)C(=O)N1CCC(N2CCCCC2=O)CC1. The Balaban J connectivity index is 1.29. The van der Waals surface area contributed by atoms with Crippen LogP contribution in [0.25, 0.3) is 5.69 Å². The predicted octanol–water partition coefficient (Wildman–Crippen LogP) is 1.21. The second kappa shape index (κ2) is 8.42. The molecule has 1 aromatic heterocycles. The Bertz CT molecular complexity index is 872. The van der Waals surface area contributed by atoms with E-state index in [9.17, 15) is 14.4 Å². The van der Waals surface area contributed by atoms with Crippen molar-refractivity contribution in [3.8, 4) is 5.69 Å². The van der Waals surface area contributed by atoms with Crippen molar-refractivity contribution in [2.24, 2.45) is 0 Å². The van der Waals surface area contributed by atoms with Crippen molar-refractivity contribution in [1.82, 2.24) is 24.8 Å². The van der Waals surface area contributed by atoms with Crippen LogP contribution in [0.15, 0.2) is 36.7 Å². The average molecular weight is 396 g/mol. The van der Waals surface area contributed by atoms with Gasteiger partial charge in [0.1, 0.15) is 0 Å². The van der Waals surface area contributed by atoms with E-state index in [1.807, 2.05) is 4.90 Å². The highest BCUT2D eigenvalue weighted by Crippen LogP contribution is 2.22. The molecule has 0 saturated carbocycles. The second-order valence-electron chi connectivity index (χ2n) is 7.42. The molecule has 2 saturated heterocycles. The molecule has 0 aliphatic carbocycles. The van der Waals surface area contributed by atoms with Crippen molar-refractivity contribution in [2.45, 2.75) is 38.1 Å². The van der Waals surface area contributed by atoms with E-state index in [2.05, 4.69) is 15.6 Å². The number of benzene rings is 1. The van der Waals surface area contributed by atoms with Gasteiger partial charge in [-0.05, 0) is 49.9 Å². The van der Waals surface area contributed by atoms with Gasteiger partial charge in [0.05, 0.1) is 18.1 Å². The third-order valence-electron chi connectivity index (χ3n) is 5.56. The fourth-order valence-electron chi connectivity index (χ4n) is 3.97. The highest BCUT2D eigenvalue weighted by atomic mass is 16.2. The van der Waals surface area contributed by atoms with E-state index in [4.69, 9.17) is 0 Å². The minimum absolute atomic E-state index is 0.180. The Hall–Kier alpha value is -3.23. The predicted molar refractivity (Wildman–Crippen MR) is 105 cm³/mol. The zero-order valence-corrected chi connectivity index (χ0v) is 16.2. The fraction of sp³-hybridized carbons (Fsp3) is 0.450. The summed E-state index contributed by atoms with van der Waals surface area (Å²) in [6.45, 7) is 1.79. The van der Waals surface area contributed by atoms with E-state index in [0.29, 0.717) is 25.2 Å². The number of carbonyl (C=O) groups excluding carboxylic acids is 3. The second-order valence-corrected chi connectivity index (χ2v) is 7.42. The van der Waals surface area contributed by atoms with Gasteiger partial charge in [0, 0.05) is 37.8 Å². The monoisotopic (exact) mass is 396 g/mol. The minimum Gasteiger partial charge on any atom is -0.340 e. The first-order valence-electron chi connectivity index (χ1n) is 9.98. The topological polar surface area (TPSA) is 100 Å². The molecule has 1 N–H and O–H groups in total. The molecule has 0 atom stereocenters. The van der Waals surface area contributed by atoms with Gasteiger partial charge in [0.25, 0.3) is 0 Å². The average Bonchev–Trinajstić information content (AvgIpc) is 3.29. The molecule has 0 unspecified atom stereocenters. The van der Waals surface area contributed by atoms with Crippen LogP contribution in [0, 0.1) is 0 Å². The van der Waals surface area contributed by atoms with Crippen molar-refractivity contribution < 1.29 is 14.4 Å². The molecule has 2 aliphatic rings. The molecule has 2 aliphatic heterocycles. The number of rotatable bonds is 3. The number of anilines is 1. The van der Waals surface area contributed by atoms with E-state index >= 15 is 0 Å². The third kappa shape index (κ3) is 4.28. The molecule has 152 valence electrons. The van der Waals surface area contributed by atoms with E-state index in [1.54, 1.807) is 46.2 Å². The zero-order valence-electron chi connectivity index (χ0n) is 16.2. The summed E-state index contributed by atoms with van der Waals surface area (Å²) in [4.78, 5) is 40.5. The summed E-state index contributed by atoms with van der Waals surface area (Å²) in [7, 11) is 0. The Morgan fingerprint density at radius 3 is 2.45 bits per heavy atom. The number of hydrogen-bond donors (Lipinski definition) is 1. The van der Waals surface area contributed by atoms with Crippen molar-refractivity contribution in [2.75, 3.05) is 25.0 Å². The Labute approximate surface area is 168 Å². The molecule has 2 aromatic rings. The molecule has 3 heterocycles. The van der Waals surface area contributed by atoms with Crippen LogP contribution in [0.5, 0.6) is 0 Å². The van der Waals surface area contributed by atoms with Gasteiger partial charge in [0.2, 0.25) is 5.91 Å². The Morgan fingerprint density at radius 2 is 1.79 bits per heavy atom. The maximum Gasteiger partial charge on any atom is 0.313 e. The summed E-state index contributed by atoms with van der Waals surface area (Å²) in [5.74, 6) is -0.965. The van der Waals surface area contributed by atoms with Gasteiger partial charge in [-0.15, -0.1) is 5.10 Å². The summed E-state index contributed by atoms with van der Waals surface area (Å²) in [6, 6.07) is 7.19. The molecule has 1 aromatic carbocycles. The van der Waals surface area contributed by atoms with Gasteiger partial charge >= 0.3 is 11.8 Å². The first kappa shape index (κ1) is 19.1. The van der Waals surface area contributed by atoms with Crippen molar-refractivity contribution in [3.05, 3.63) is 36.7 Å². The minimum atomic E-state index is -0.647. The molecule has 2 fully saturated rings. The van der Waals surface area contributed by atoms with Crippen LogP contribution < -0.4 is 5.32 Å². The van der Waals surface area contributed by atoms with Crippen LogP contribution in [0.3, 0.4) is 0 Å². The van der Waals surface area contributed by atoms with E-state index in [-0.39, 0.29) is 11.9 Å². The number of piperidine rings is 2. The van der Waals surface area contributed by atoms with Crippen molar-refractivity contribution in [1.29, 1.82) is 0 Å². The standard InChI is InChI=1S/C20H24N6O3/c27-18-3-1-2-11-25(18)16-8-12-24(13-9-16)20(29)19(28)22-15-4-6-17(7-5-15)26-14-10-21-23-26/h4-7,10,14,16H,1-3,8-9,11-13H2,(H,22,28). The molecule has 0 radical (unpaired) electrons. The normalized spacial score (nSPS) is 18.0. The molecular weight excluding hydrogens is 372 g/mol. The van der Waals surface area contributed by atoms with Gasteiger partial charge in [-0.1, -0.05) is 5.21 Å². The van der Waals surface area contributed by atoms with Crippen LogP contribution in [0.4, 0.5) is 5.69 Å². The molecule has 9 nitrogen and oxygen atoms in total. The number of nitrogens with one attached hydrogen (secondary N) is 1. The Kier molecular flexibility index (Phi) is 5.55. The molecular formula is C20H24N6O3. The molecule has 4 rings (SSSR count). The lowest BCUT2D eigenvalue weighted by Crippen LogP contribution is -2.51. The van der Waals surface area contributed by atoms with Gasteiger partial charge in [-0.25, -0.2) is 4.68 Å². The first-order valence-corrected chi connectivity index (χ1v) is 9.98. The summed E-state index contributed by atoms with van der Waals surface area (Å²) in [5.41, 5.74) is 1.35. The van der Waals surface area contributed by atoms with Crippen LogP contribution in [-0.4, -0.2) is 68.2 Å². The lowest BCUT2D eigenvalue weighted by Gasteiger charge is -2.40. The first-order chi connectivity index (χ1) is 14.1. The molecule has 29 heavy (non-hydrogen) atoms.